The van der Waals surface area contributed by atoms with Crippen molar-refractivity contribution < 1.29 is 0 Å². The monoisotopic (exact) mass is 258 g/mol. The van der Waals surface area contributed by atoms with Crippen LogP contribution in [0.4, 0.5) is 5.82 Å². The summed E-state index contributed by atoms with van der Waals surface area (Å²) in [5, 5.41) is 7.86. The molecule has 1 aliphatic rings. The molecule has 4 nitrogen and oxygen atoms in total. The van der Waals surface area contributed by atoms with E-state index >= 15 is 0 Å². The fourth-order valence-electron chi connectivity index (χ4n) is 3.11. The van der Waals surface area contributed by atoms with E-state index in [1.54, 1.807) is 6.33 Å². The summed E-state index contributed by atoms with van der Waals surface area (Å²) < 4.78 is 1.89. The van der Waals surface area contributed by atoms with Crippen molar-refractivity contribution in [3.8, 4) is 0 Å². The average molecular weight is 258 g/mol. The van der Waals surface area contributed by atoms with E-state index in [1.807, 2.05) is 4.52 Å². The lowest BCUT2D eigenvalue weighted by molar-refractivity contribution is 0.268. The summed E-state index contributed by atoms with van der Waals surface area (Å²) in [5.74, 6) is 2.68. The van der Waals surface area contributed by atoms with E-state index in [4.69, 9.17) is 0 Å². The zero-order valence-corrected chi connectivity index (χ0v) is 11.8. The second-order valence-corrected chi connectivity index (χ2v) is 5.85. The molecule has 0 bridgehead atoms. The third-order valence-corrected chi connectivity index (χ3v) is 4.36. The fourth-order valence-corrected chi connectivity index (χ4v) is 3.11. The van der Waals surface area contributed by atoms with Gasteiger partial charge in [0.2, 0.25) is 0 Å². The molecular formula is C15H22N4. The summed E-state index contributed by atoms with van der Waals surface area (Å²) in [7, 11) is 0. The van der Waals surface area contributed by atoms with Gasteiger partial charge in [-0.3, -0.25) is 0 Å². The molecule has 2 heterocycles. The Kier molecular flexibility index (Phi) is 3.40. The Balaban J connectivity index is 1.75. The Hall–Kier alpha value is -1.58. The van der Waals surface area contributed by atoms with Crippen LogP contribution in [0.5, 0.6) is 0 Å². The minimum atomic E-state index is 0.785. The van der Waals surface area contributed by atoms with Crippen LogP contribution in [-0.4, -0.2) is 21.1 Å². The lowest BCUT2D eigenvalue weighted by Gasteiger charge is -2.29. The number of hydrogen-bond donors (Lipinski definition) is 1. The van der Waals surface area contributed by atoms with E-state index < -0.39 is 0 Å². The second-order valence-electron chi connectivity index (χ2n) is 5.85. The summed E-state index contributed by atoms with van der Waals surface area (Å²) in [5.41, 5.74) is 2.14. The van der Waals surface area contributed by atoms with Gasteiger partial charge in [-0.1, -0.05) is 26.2 Å². The highest BCUT2D eigenvalue weighted by Gasteiger charge is 2.21. The van der Waals surface area contributed by atoms with Gasteiger partial charge >= 0.3 is 0 Å². The first-order valence-corrected chi connectivity index (χ1v) is 7.28. The number of nitrogens with zero attached hydrogens (tertiary/aromatic N) is 3. The molecule has 1 aliphatic carbocycles. The molecule has 2 unspecified atom stereocenters. The van der Waals surface area contributed by atoms with Gasteiger partial charge < -0.3 is 5.32 Å². The molecule has 2 atom stereocenters. The number of hydrogen-bond acceptors (Lipinski definition) is 3. The van der Waals surface area contributed by atoms with Gasteiger partial charge in [0, 0.05) is 6.54 Å². The lowest BCUT2D eigenvalue weighted by atomic mass is 9.80. The van der Waals surface area contributed by atoms with E-state index in [-0.39, 0.29) is 0 Å². The van der Waals surface area contributed by atoms with E-state index in [1.165, 1.54) is 31.2 Å². The Bertz CT molecular complexity index is 560. The van der Waals surface area contributed by atoms with Crippen LogP contribution in [0.15, 0.2) is 18.5 Å². The van der Waals surface area contributed by atoms with Crippen molar-refractivity contribution in [3.63, 3.8) is 0 Å². The maximum absolute atomic E-state index is 4.29. The van der Waals surface area contributed by atoms with Crippen LogP contribution < -0.4 is 5.32 Å². The SMILES string of the molecule is Cc1cc(NCC2CCCCC2C)n2ncnc2c1. The van der Waals surface area contributed by atoms with Crippen LogP contribution >= 0.6 is 0 Å². The quantitative estimate of drug-likeness (QED) is 0.918. The Labute approximate surface area is 114 Å². The maximum Gasteiger partial charge on any atom is 0.157 e. The number of anilines is 1. The van der Waals surface area contributed by atoms with E-state index in [0.717, 1.165) is 29.8 Å². The Morgan fingerprint density at radius 1 is 1.32 bits per heavy atom. The molecule has 0 radical (unpaired) electrons. The molecule has 0 aliphatic heterocycles. The largest absolute Gasteiger partial charge is 0.370 e. The molecule has 3 rings (SSSR count). The zero-order valence-electron chi connectivity index (χ0n) is 11.8. The highest BCUT2D eigenvalue weighted by molar-refractivity contribution is 5.51. The molecule has 4 heteroatoms. The number of fused-ring (bicyclic) bond motifs is 1. The van der Waals surface area contributed by atoms with Crippen LogP contribution in [0, 0.1) is 18.8 Å². The van der Waals surface area contributed by atoms with Crippen molar-refractivity contribution in [3.05, 3.63) is 24.0 Å². The van der Waals surface area contributed by atoms with Crippen molar-refractivity contribution in [1.82, 2.24) is 14.6 Å². The topological polar surface area (TPSA) is 42.2 Å². The highest BCUT2D eigenvalue weighted by Crippen LogP contribution is 2.29. The normalized spacial score (nSPS) is 23.7. The van der Waals surface area contributed by atoms with Gasteiger partial charge in [-0.2, -0.15) is 9.61 Å². The third kappa shape index (κ3) is 2.57. The van der Waals surface area contributed by atoms with Crippen molar-refractivity contribution in [2.45, 2.75) is 39.5 Å². The summed E-state index contributed by atoms with van der Waals surface area (Å²) >= 11 is 0. The average Bonchev–Trinajstić information content (AvgIpc) is 2.85. The molecule has 1 fully saturated rings. The minimum Gasteiger partial charge on any atom is -0.370 e. The van der Waals surface area contributed by atoms with Crippen molar-refractivity contribution in [2.24, 2.45) is 11.8 Å². The number of rotatable bonds is 3. The predicted molar refractivity (Wildman–Crippen MR) is 77.3 cm³/mol. The minimum absolute atomic E-state index is 0.785. The zero-order chi connectivity index (χ0) is 13.2. The molecule has 0 amide bonds. The summed E-state index contributed by atoms with van der Waals surface area (Å²) in [4.78, 5) is 4.26. The van der Waals surface area contributed by atoms with Crippen molar-refractivity contribution in [2.75, 3.05) is 11.9 Å². The highest BCUT2D eigenvalue weighted by atomic mass is 15.3. The molecule has 1 N–H and O–H groups in total. The number of pyridine rings is 1. The Morgan fingerprint density at radius 3 is 3.00 bits per heavy atom. The van der Waals surface area contributed by atoms with Gasteiger partial charge in [0.05, 0.1) is 0 Å². The molecule has 0 spiro atoms. The van der Waals surface area contributed by atoms with E-state index in [9.17, 15) is 0 Å². The van der Waals surface area contributed by atoms with Gasteiger partial charge in [-0.25, -0.2) is 4.98 Å². The first kappa shape index (κ1) is 12.5. The Morgan fingerprint density at radius 2 is 2.16 bits per heavy atom. The standard InChI is InChI=1S/C15H22N4/c1-11-7-14(19-15(8-11)17-10-18-19)16-9-13-6-4-3-5-12(13)2/h7-8,10,12-13,16H,3-6,9H2,1-2H3. The summed E-state index contributed by atoms with van der Waals surface area (Å²) in [6.07, 6.45) is 7.11. The van der Waals surface area contributed by atoms with Gasteiger partial charge in [0.15, 0.2) is 5.65 Å². The summed E-state index contributed by atoms with van der Waals surface area (Å²) in [6.45, 7) is 5.52. The molecule has 2 aromatic heterocycles. The predicted octanol–water partition coefficient (Wildman–Crippen LogP) is 3.28. The van der Waals surface area contributed by atoms with Gasteiger partial charge in [-0.05, 0) is 42.9 Å². The van der Waals surface area contributed by atoms with Crippen molar-refractivity contribution in [1.29, 1.82) is 0 Å². The first-order valence-electron chi connectivity index (χ1n) is 7.28. The lowest BCUT2D eigenvalue weighted by Crippen LogP contribution is -2.25. The molecule has 19 heavy (non-hydrogen) atoms. The molecule has 102 valence electrons. The molecular weight excluding hydrogens is 236 g/mol. The van der Waals surface area contributed by atoms with E-state index in [2.05, 4.69) is 41.4 Å². The van der Waals surface area contributed by atoms with Crippen LogP contribution in [0.1, 0.15) is 38.2 Å². The van der Waals surface area contributed by atoms with E-state index in [0.29, 0.717) is 0 Å². The molecule has 0 saturated heterocycles. The second kappa shape index (κ2) is 5.19. The van der Waals surface area contributed by atoms with Gasteiger partial charge in [0.1, 0.15) is 12.1 Å². The first-order chi connectivity index (χ1) is 9.24. The van der Waals surface area contributed by atoms with Crippen LogP contribution in [0.2, 0.25) is 0 Å². The smallest absolute Gasteiger partial charge is 0.157 e. The maximum atomic E-state index is 4.29. The number of aromatic nitrogens is 3. The molecule has 2 aromatic rings. The fraction of sp³-hybridized carbons (Fsp3) is 0.600. The number of aryl methyl sites for hydroxylation is 1. The molecule has 0 aromatic carbocycles. The summed E-state index contributed by atoms with van der Waals surface area (Å²) in [6, 6.07) is 4.20. The van der Waals surface area contributed by atoms with Crippen molar-refractivity contribution >= 4 is 11.5 Å². The number of nitrogens with one attached hydrogen (secondary N) is 1. The van der Waals surface area contributed by atoms with Gasteiger partial charge in [-0.15, -0.1) is 0 Å². The molecule has 1 saturated carbocycles. The van der Waals surface area contributed by atoms with Crippen LogP contribution in [-0.2, 0) is 0 Å². The van der Waals surface area contributed by atoms with Crippen LogP contribution in [0.25, 0.3) is 5.65 Å². The van der Waals surface area contributed by atoms with Gasteiger partial charge in [0.25, 0.3) is 0 Å². The third-order valence-electron chi connectivity index (χ3n) is 4.36. The van der Waals surface area contributed by atoms with Crippen LogP contribution in [0.3, 0.4) is 0 Å².